The number of benzene rings is 4. The second-order valence-electron chi connectivity index (χ2n) is 9.45. The van der Waals surface area contributed by atoms with Gasteiger partial charge >= 0.3 is 53.6 Å². The van der Waals surface area contributed by atoms with Crippen LogP contribution in [0.5, 0.6) is 23.0 Å². The number of hydrogen-bond acceptors (Lipinski definition) is 14. The summed E-state index contributed by atoms with van der Waals surface area (Å²) in [5, 5.41) is 75.2. The average molecular weight is 877 g/mol. The van der Waals surface area contributed by atoms with Gasteiger partial charge in [-0.05, 0) is 35.1 Å². The Morgan fingerprint density at radius 2 is 0.585 bits per heavy atom. The molecule has 0 atom stereocenters. The molecule has 0 spiro atoms. The molecule has 282 valence electrons. The summed E-state index contributed by atoms with van der Waals surface area (Å²) in [4.78, 5) is 33.3. The second-order valence-corrected chi connectivity index (χ2v) is 9.45. The molecule has 2 radical (unpaired) electrons. The Balaban J connectivity index is -0.000000749. The molecule has 0 saturated heterocycles. The van der Waals surface area contributed by atoms with E-state index in [1.165, 1.54) is 24.3 Å². The van der Waals surface area contributed by atoms with Gasteiger partial charge in [-0.3, -0.25) is 20.0 Å². The van der Waals surface area contributed by atoms with Crippen molar-refractivity contribution in [3.05, 3.63) is 150 Å². The van der Waals surface area contributed by atoms with Crippen LogP contribution >= 0.6 is 0 Å². The van der Waals surface area contributed by atoms with Crippen LogP contribution < -0.4 is 20.4 Å². The SMILES string of the molecule is O=[N+]([O-])[O-].O=[N+]([O-])[O-].[Cu+2].[Cu+2].[O-]c1ccccc1C=NCCCN=Cc1ccccc1[O-].[O-]c1ccccc1C=NCCCN=Cc1ccccc1[O-].[Zn+2]. The fourth-order valence-corrected chi connectivity index (χ4v) is 3.51. The van der Waals surface area contributed by atoms with Crippen molar-refractivity contribution in [2.45, 2.75) is 12.8 Å². The van der Waals surface area contributed by atoms with Crippen LogP contribution in [0.4, 0.5) is 0 Å². The molecule has 0 heterocycles. The van der Waals surface area contributed by atoms with Crippen molar-refractivity contribution in [2.24, 2.45) is 20.0 Å². The van der Waals surface area contributed by atoms with Gasteiger partial charge in [-0.25, -0.2) is 0 Å². The molecule has 0 bridgehead atoms. The van der Waals surface area contributed by atoms with Gasteiger partial charge in [0.15, 0.2) is 0 Å². The van der Waals surface area contributed by atoms with E-state index in [-0.39, 0.29) is 76.6 Å². The van der Waals surface area contributed by atoms with Crippen LogP contribution in [0.25, 0.3) is 0 Å². The largest absolute Gasteiger partial charge is 2.00 e. The van der Waals surface area contributed by atoms with Gasteiger partial charge in [-0.15, -0.1) is 23.0 Å². The van der Waals surface area contributed by atoms with Gasteiger partial charge in [-0.2, -0.15) is 0 Å². The Morgan fingerprint density at radius 3 is 0.755 bits per heavy atom. The van der Waals surface area contributed by atoms with Crippen molar-refractivity contribution in [3.63, 3.8) is 0 Å². The first-order chi connectivity index (χ1) is 24.0. The Morgan fingerprint density at radius 1 is 0.415 bits per heavy atom. The van der Waals surface area contributed by atoms with Crippen molar-refractivity contribution in [1.29, 1.82) is 0 Å². The number of rotatable bonds is 12. The van der Waals surface area contributed by atoms with E-state index in [0.29, 0.717) is 48.4 Å². The predicted octanol–water partition coefficient (Wildman–Crippen LogP) is 3.04. The van der Waals surface area contributed by atoms with Crippen molar-refractivity contribution in [2.75, 3.05) is 26.2 Å². The minimum atomic E-state index is -1.75. The van der Waals surface area contributed by atoms with E-state index in [1.54, 1.807) is 73.4 Å². The summed E-state index contributed by atoms with van der Waals surface area (Å²) in [6.45, 7) is 2.41. The molecule has 4 aromatic rings. The molecule has 0 N–H and O–H groups in total. The summed E-state index contributed by atoms with van der Waals surface area (Å²) in [6, 6.07) is 27.2. The molecule has 4 aromatic carbocycles. The molecular weight excluding hydrogens is 845 g/mol. The number of para-hydroxylation sites is 4. The van der Waals surface area contributed by atoms with E-state index in [0.717, 1.165) is 12.8 Å². The summed E-state index contributed by atoms with van der Waals surface area (Å²) in [7, 11) is 0. The number of aliphatic imine (C=N–C) groups is 4. The molecule has 16 nitrogen and oxygen atoms in total. The van der Waals surface area contributed by atoms with Crippen LogP contribution in [-0.2, 0) is 53.6 Å². The maximum atomic E-state index is 11.4. The summed E-state index contributed by atoms with van der Waals surface area (Å²) >= 11 is 0. The molecule has 0 aliphatic rings. The topological polar surface area (TPSA) is 274 Å². The molecule has 0 aliphatic heterocycles. The van der Waals surface area contributed by atoms with Crippen LogP contribution in [0, 0.1) is 30.6 Å². The van der Waals surface area contributed by atoms with Crippen LogP contribution in [0.1, 0.15) is 35.1 Å². The molecule has 0 amide bonds. The Kier molecular flexibility index (Phi) is 32.2. The normalized spacial score (nSPS) is 9.96. The zero-order valence-corrected chi connectivity index (χ0v) is 32.7. The van der Waals surface area contributed by atoms with Crippen molar-refractivity contribution in [1.82, 2.24) is 0 Å². The zero-order valence-electron chi connectivity index (χ0n) is 27.9. The third kappa shape index (κ3) is 27.2. The first kappa shape index (κ1) is 52.2. The van der Waals surface area contributed by atoms with Gasteiger partial charge in [0.05, 0.1) is 10.2 Å². The zero-order chi connectivity index (χ0) is 37.0. The third-order valence-electron chi connectivity index (χ3n) is 5.75. The molecule has 0 saturated carbocycles. The third-order valence-corrected chi connectivity index (χ3v) is 5.75. The van der Waals surface area contributed by atoms with Gasteiger partial charge < -0.3 is 51.1 Å². The fourth-order valence-electron chi connectivity index (χ4n) is 3.51. The summed E-state index contributed by atoms with van der Waals surface area (Å²) < 4.78 is 0. The second kappa shape index (κ2) is 32.7. The van der Waals surface area contributed by atoms with E-state index in [1.807, 2.05) is 24.3 Å². The molecule has 4 rings (SSSR count). The van der Waals surface area contributed by atoms with Gasteiger partial charge in [0, 0.05) is 51.0 Å². The van der Waals surface area contributed by atoms with Crippen molar-refractivity contribution in [3.8, 4) is 23.0 Å². The molecular formula is C34H32Cu2N6O10Zn. The maximum absolute atomic E-state index is 11.4. The molecule has 0 aromatic heterocycles. The van der Waals surface area contributed by atoms with Gasteiger partial charge in [0.2, 0.25) is 0 Å². The molecule has 53 heavy (non-hydrogen) atoms. The van der Waals surface area contributed by atoms with Crippen molar-refractivity contribution >= 4 is 24.9 Å². The smallest absolute Gasteiger partial charge is 0.872 e. The number of hydrogen-bond donors (Lipinski definition) is 0. The monoisotopic (exact) mass is 874 g/mol. The fraction of sp³-hybridized carbons (Fsp3) is 0.176. The Labute approximate surface area is 339 Å². The summed E-state index contributed by atoms with van der Waals surface area (Å²) in [6.07, 6.45) is 7.93. The quantitative estimate of drug-likeness (QED) is 0.0660. The minimum Gasteiger partial charge on any atom is -0.872 e. The summed E-state index contributed by atoms with van der Waals surface area (Å²) in [5.74, 6) is -0.0877. The Bertz CT molecular complexity index is 1490. The van der Waals surface area contributed by atoms with E-state index >= 15 is 0 Å². The van der Waals surface area contributed by atoms with E-state index in [4.69, 9.17) is 30.6 Å². The standard InChI is InChI=1S/2C17H18N2O2.2Cu.2NO3.Zn/c2*20-16-8-3-1-6-14(16)12-18-10-5-11-19-13-15-7-2-4-9-17(15)21;;;2*2-1(3)4;/h2*1-4,6-9,12-13,20-21H,5,10-11H2;;;;;/q;;2*+2;2*-1;+2/p-4. The summed E-state index contributed by atoms with van der Waals surface area (Å²) in [5.41, 5.74) is 2.39. The van der Waals surface area contributed by atoms with Crippen LogP contribution in [0.15, 0.2) is 117 Å². The van der Waals surface area contributed by atoms with Crippen molar-refractivity contribution < 1.29 is 84.2 Å². The molecule has 19 heteroatoms. The Hall–Kier alpha value is -5.18. The van der Waals surface area contributed by atoms with E-state index < -0.39 is 10.2 Å². The van der Waals surface area contributed by atoms with Crippen LogP contribution in [-0.4, -0.2) is 61.2 Å². The average Bonchev–Trinajstić information content (AvgIpc) is 3.07. The first-order valence-electron chi connectivity index (χ1n) is 14.7. The molecule has 0 aliphatic carbocycles. The van der Waals surface area contributed by atoms with Gasteiger partial charge in [0.25, 0.3) is 0 Å². The van der Waals surface area contributed by atoms with E-state index in [9.17, 15) is 20.4 Å². The number of nitrogens with zero attached hydrogens (tertiary/aromatic N) is 6. The minimum absolute atomic E-state index is 0. The van der Waals surface area contributed by atoms with Gasteiger partial charge in [0.1, 0.15) is 0 Å². The van der Waals surface area contributed by atoms with Crippen LogP contribution in [0.2, 0.25) is 0 Å². The predicted molar refractivity (Wildman–Crippen MR) is 183 cm³/mol. The maximum Gasteiger partial charge on any atom is 2.00 e. The van der Waals surface area contributed by atoms with Gasteiger partial charge in [-0.1, -0.05) is 97.1 Å². The van der Waals surface area contributed by atoms with Crippen LogP contribution in [0.3, 0.4) is 0 Å². The molecule has 0 unspecified atom stereocenters. The van der Waals surface area contributed by atoms with E-state index in [2.05, 4.69) is 20.0 Å². The first-order valence-corrected chi connectivity index (χ1v) is 14.7. The molecule has 0 fully saturated rings.